The molecule has 0 bridgehead atoms. The molecule has 0 spiro atoms. The predicted molar refractivity (Wildman–Crippen MR) is 98.3 cm³/mol. The van der Waals surface area contributed by atoms with Crippen molar-refractivity contribution in [2.75, 3.05) is 19.0 Å². The van der Waals surface area contributed by atoms with Crippen molar-refractivity contribution < 1.29 is 9.53 Å². The minimum absolute atomic E-state index is 0.358. The SMILES string of the molecule is COc1ccc(Cl)cc1NC(=O)NCCn1ccnc1-c1ncccn1. The van der Waals surface area contributed by atoms with Gasteiger partial charge in [-0.25, -0.2) is 19.7 Å². The Hall–Kier alpha value is -3.13. The lowest BCUT2D eigenvalue weighted by atomic mass is 10.3. The minimum Gasteiger partial charge on any atom is -0.495 e. The zero-order valence-corrected chi connectivity index (χ0v) is 14.8. The van der Waals surface area contributed by atoms with Crippen LogP contribution in [0.5, 0.6) is 5.75 Å². The number of hydrogen-bond acceptors (Lipinski definition) is 5. The molecule has 0 aliphatic rings. The normalized spacial score (nSPS) is 10.4. The molecule has 0 radical (unpaired) electrons. The van der Waals surface area contributed by atoms with E-state index < -0.39 is 0 Å². The predicted octanol–water partition coefficient (Wildman–Crippen LogP) is 2.82. The first kappa shape index (κ1) is 17.7. The first-order chi connectivity index (χ1) is 12.7. The Bertz CT molecular complexity index is 884. The summed E-state index contributed by atoms with van der Waals surface area (Å²) in [6, 6.07) is 6.39. The number of amides is 2. The van der Waals surface area contributed by atoms with E-state index in [4.69, 9.17) is 16.3 Å². The van der Waals surface area contributed by atoms with Crippen LogP contribution in [0.1, 0.15) is 0 Å². The number of nitrogens with one attached hydrogen (secondary N) is 2. The number of carbonyl (C=O) groups excluding carboxylic acids is 1. The van der Waals surface area contributed by atoms with Crippen LogP contribution >= 0.6 is 11.6 Å². The summed E-state index contributed by atoms with van der Waals surface area (Å²) in [4.78, 5) is 24.7. The molecule has 0 saturated heterocycles. The first-order valence-corrected chi connectivity index (χ1v) is 8.22. The summed E-state index contributed by atoms with van der Waals surface area (Å²) in [5.74, 6) is 1.71. The average molecular weight is 373 g/mol. The van der Waals surface area contributed by atoms with Gasteiger partial charge in [-0.05, 0) is 24.3 Å². The van der Waals surface area contributed by atoms with Crippen molar-refractivity contribution >= 4 is 23.3 Å². The van der Waals surface area contributed by atoms with Gasteiger partial charge in [-0.15, -0.1) is 0 Å². The topological polar surface area (TPSA) is 94.0 Å². The standard InChI is InChI=1S/C17H17ClN6O2/c1-26-14-4-3-12(18)11-13(14)23-17(25)22-8-10-24-9-7-21-16(24)15-19-5-2-6-20-15/h2-7,9,11H,8,10H2,1H3,(H2,22,23,25). The number of halogens is 1. The Morgan fingerprint density at radius 3 is 2.81 bits per heavy atom. The number of imidazole rings is 1. The maximum atomic E-state index is 12.1. The van der Waals surface area contributed by atoms with Gasteiger partial charge in [0.25, 0.3) is 0 Å². The van der Waals surface area contributed by atoms with E-state index in [0.717, 1.165) is 0 Å². The fourth-order valence-corrected chi connectivity index (χ4v) is 2.52. The van der Waals surface area contributed by atoms with Gasteiger partial charge in [-0.2, -0.15) is 0 Å². The van der Waals surface area contributed by atoms with Gasteiger partial charge in [0.1, 0.15) is 5.75 Å². The van der Waals surface area contributed by atoms with Gasteiger partial charge in [0.2, 0.25) is 0 Å². The highest BCUT2D eigenvalue weighted by atomic mass is 35.5. The van der Waals surface area contributed by atoms with Gasteiger partial charge < -0.3 is 19.9 Å². The van der Waals surface area contributed by atoms with E-state index in [9.17, 15) is 4.79 Å². The highest BCUT2D eigenvalue weighted by Crippen LogP contribution is 2.27. The number of methoxy groups -OCH3 is 1. The van der Waals surface area contributed by atoms with Crippen molar-refractivity contribution in [1.29, 1.82) is 0 Å². The Morgan fingerprint density at radius 2 is 2.04 bits per heavy atom. The molecule has 2 heterocycles. The second-order valence-corrected chi connectivity index (χ2v) is 5.68. The van der Waals surface area contributed by atoms with Crippen LogP contribution in [0.3, 0.4) is 0 Å². The van der Waals surface area contributed by atoms with Crippen molar-refractivity contribution in [2.45, 2.75) is 6.54 Å². The number of aromatic nitrogens is 4. The smallest absolute Gasteiger partial charge is 0.319 e. The van der Waals surface area contributed by atoms with Crippen LogP contribution in [0.2, 0.25) is 5.02 Å². The Kier molecular flexibility index (Phi) is 5.65. The van der Waals surface area contributed by atoms with Crippen LogP contribution in [-0.4, -0.2) is 39.2 Å². The fraction of sp³-hybridized carbons (Fsp3) is 0.176. The van der Waals surface area contributed by atoms with Crippen LogP contribution in [-0.2, 0) is 6.54 Å². The molecule has 0 saturated carbocycles. The van der Waals surface area contributed by atoms with Crippen molar-refractivity contribution in [2.24, 2.45) is 0 Å². The van der Waals surface area contributed by atoms with Crippen LogP contribution < -0.4 is 15.4 Å². The molecule has 2 N–H and O–H groups in total. The number of urea groups is 1. The zero-order chi connectivity index (χ0) is 18.4. The Morgan fingerprint density at radius 1 is 1.23 bits per heavy atom. The molecule has 0 atom stereocenters. The largest absolute Gasteiger partial charge is 0.495 e. The molecule has 2 amide bonds. The average Bonchev–Trinajstić information content (AvgIpc) is 3.11. The molecule has 3 aromatic rings. The first-order valence-electron chi connectivity index (χ1n) is 7.84. The van der Waals surface area contributed by atoms with Gasteiger partial charge in [-0.1, -0.05) is 11.6 Å². The quantitative estimate of drug-likeness (QED) is 0.693. The Labute approximate surface area is 155 Å². The zero-order valence-electron chi connectivity index (χ0n) is 14.0. The third-order valence-electron chi connectivity index (χ3n) is 3.53. The van der Waals surface area contributed by atoms with Crippen LogP contribution in [0.25, 0.3) is 11.6 Å². The number of nitrogens with zero attached hydrogens (tertiary/aromatic N) is 4. The van der Waals surface area contributed by atoms with Gasteiger partial charge in [0.05, 0.1) is 12.8 Å². The second kappa shape index (κ2) is 8.30. The lowest BCUT2D eigenvalue weighted by Crippen LogP contribution is -2.31. The molecule has 0 aliphatic carbocycles. The van der Waals surface area contributed by atoms with Crippen molar-refractivity contribution in [3.8, 4) is 17.4 Å². The highest BCUT2D eigenvalue weighted by Gasteiger charge is 2.10. The van der Waals surface area contributed by atoms with E-state index in [1.165, 1.54) is 7.11 Å². The van der Waals surface area contributed by atoms with Gasteiger partial charge >= 0.3 is 6.03 Å². The van der Waals surface area contributed by atoms with E-state index in [2.05, 4.69) is 25.6 Å². The molecule has 0 fully saturated rings. The number of rotatable bonds is 6. The lowest BCUT2D eigenvalue weighted by Gasteiger charge is -2.12. The van der Waals surface area contributed by atoms with Crippen LogP contribution in [0.4, 0.5) is 10.5 Å². The summed E-state index contributed by atoms with van der Waals surface area (Å²) >= 11 is 5.96. The number of hydrogen-bond donors (Lipinski definition) is 2. The van der Waals surface area contributed by atoms with E-state index in [-0.39, 0.29) is 6.03 Å². The summed E-state index contributed by atoms with van der Waals surface area (Å²) in [7, 11) is 1.53. The summed E-state index contributed by atoms with van der Waals surface area (Å²) in [5, 5.41) is 6.01. The van der Waals surface area contributed by atoms with Crippen LogP contribution in [0, 0.1) is 0 Å². The third kappa shape index (κ3) is 4.28. The van der Waals surface area contributed by atoms with Crippen molar-refractivity contribution in [3.63, 3.8) is 0 Å². The van der Waals surface area contributed by atoms with Gasteiger partial charge in [-0.3, -0.25) is 0 Å². The maximum Gasteiger partial charge on any atom is 0.319 e. The van der Waals surface area contributed by atoms with E-state index in [0.29, 0.717) is 41.2 Å². The lowest BCUT2D eigenvalue weighted by molar-refractivity contribution is 0.251. The number of carbonyl (C=O) groups is 1. The third-order valence-corrected chi connectivity index (χ3v) is 3.76. The Balaban J connectivity index is 1.57. The van der Waals surface area contributed by atoms with E-state index in [1.807, 2.05) is 10.8 Å². The molecule has 2 aromatic heterocycles. The number of ether oxygens (including phenoxy) is 1. The van der Waals surface area contributed by atoms with Crippen molar-refractivity contribution in [1.82, 2.24) is 24.8 Å². The monoisotopic (exact) mass is 372 g/mol. The number of benzene rings is 1. The molecule has 9 heteroatoms. The maximum absolute atomic E-state index is 12.1. The molecule has 134 valence electrons. The fourth-order valence-electron chi connectivity index (χ4n) is 2.34. The van der Waals surface area contributed by atoms with Crippen LogP contribution in [0.15, 0.2) is 49.1 Å². The molecule has 0 aliphatic heterocycles. The highest BCUT2D eigenvalue weighted by molar-refractivity contribution is 6.31. The minimum atomic E-state index is -0.358. The van der Waals surface area contributed by atoms with Crippen molar-refractivity contribution in [3.05, 3.63) is 54.1 Å². The molecular formula is C17H17ClN6O2. The second-order valence-electron chi connectivity index (χ2n) is 5.24. The van der Waals surface area contributed by atoms with Gasteiger partial charge in [0, 0.05) is 42.9 Å². The summed E-state index contributed by atoms with van der Waals surface area (Å²) in [5.41, 5.74) is 0.499. The molecule has 3 rings (SSSR count). The molecule has 8 nitrogen and oxygen atoms in total. The summed E-state index contributed by atoms with van der Waals surface area (Å²) < 4.78 is 7.07. The summed E-state index contributed by atoms with van der Waals surface area (Å²) in [6.07, 6.45) is 6.80. The number of anilines is 1. The molecular weight excluding hydrogens is 356 g/mol. The molecule has 26 heavy (non-hydrogen) atoms. The molecule has 0 unspecified atom stereocenters. The van der Waals surface area contributed by atoms with E-state index in [1.54, 1.807) is 42.9 Å². The van der Waals surface area contributed by atoms with Gasteiger partial charge in [0.15, 0.2) is 11.6 Å². The molecule has 1 aromatic carbocycles. The van der Waals surface area contributed by atoms with E-state index >= 15 is 0 Å². The summed E-state index contributed by atoms with van der Waals surface area (Å²) in [6.45, 7) is 0.915.